The molecule has 23 heteroatoms. The lowest BCUT2D eigenvalue weighted by Gasteiger charge is -2.45. The minimum absolute atomic E-state index is 0.107. The second-order valence-corrected chi connectivity index (χ2v) is 15.4. The third-order valence-electron chi connectivity index (χ3n) is 10.9. The van der Waals surface area contributed by atoms with Crippen LogP contribution in [0.25, 0.3) is 28.4 Å². The number of rotatable bonds is 12. The number of carbonyl (C=O) groups excluding carboxylic acids is 1. The van der Waals surface area contributed by atoms with Crippen LogP contribution in [-0.4, -0.2) is 178 Å². The maximum absolute atomic E-state index is 14.1. The van der Waals surface area contributed by atoms with Gasteiger partial charge in [-0.2, -0.15) is 0 Å². The molecule has 65 heavy (non-hydrogen) atoms. The Kier molecular flexibility index (Phi) is 14.2. The molecule has 352 valence electrons. The molecule has 3 fully saturated rings. The van der Waals surface area contributed by atoms with E-state index in [0.717, 1.165) is 18.2 Å². The number of phenolic OH excluding ortho intramolecular Hbond substituents is 4. The van der Waals surface area contributed by atoms with Crippen LogP contribution < -0.4 is 14.9 Å². The fraction of sp³-hybridized carbons (Fsp3) is 0.429. The van der Waals surface area contributed by atoms with E-state index in [1.54, 1.807) is 0 Å². The quantitative estimate of drug-likeness (QED) is 0.0406. The van der Waals surface area contributed by atoms with E-state index in [9.17, 15) is 76.0 Å². The van der Waals surface area contributed by atoms with Crippen LogP contribution >= 0.6 is 0 Å². The summed E-state index contributed by atoms with van der Waals surface area (Å²) in [7, 11) is 0. The van der Waals surface area contributed by atoms with Crippen molar-refractivity contribution in [1.82, 2.24) is 0 Å². The van der Waals surface area contributed by atoms with Crippen molar-refractivity contribution in [3.8, 4) is 45.8 Å². The van der Waals surface area contributed by atoms with E-state index >= 15 is 0 Å². The Balaban J connectivity index is 1.10. The minimum atomic E-state index is -1.98. The Morgan fingerprint density at radius 2 is 1.32 bits per heavy atom. The number of hydrogen-bond acceptors (Lipinski definition) is 23. The number of hydrogen-bond donors (Lipinski definition) is 13. The highest BCUT2D eigenvalue weighted by atomic mass is 16.7. The van der Waals surface area contributed by atoms with Gasteiger partial charge in [0.2, 0.25) is 23.8 Å². The molecule has 13 N–H and O–H groups in total. The van der Waals surface area contributed by atoms with E-state index in [-0.39, 0.29) is 34.2 Å². The van der Waals surface area contributed by atoms with Gasteiger partial charge in [-0.3, -0.25) is 4.79 Å². The fourth-order valence-corrected chi connectivity index (χ4v) is 7.25. The number of fused-ring (bicyclic) bond motifs is 1. The van der Waals surface area contributed by atoms with Crippen molar-refractivity contribution in [2.24, 2.45) is 0 Å². The number of aromatic hydroxyl groups is 4. The predicted molar refractivity (Wildman–Crippen MR) is 214 cm³/mol. The number of aliphatic hydroxyl groups excluding tert-OH is 9. The summed E-state index contributed by atoms with van der Waals surface area (Å²) in [4.78, 5) is 26.5. The van der Waals surface area contributed by atoms with Gasteiger partial charge in [0.25, 0.3) is 0 Å². The van der Waals surface area contributed by atoms with Crippen molar-refractivity contribution in [2.45, 2.75) is 99.0 Å². The summed E-state index contributed by atoms with van der Waals surface area (Å²) in [6.45, 7) is -0.128. The SMILES string of the molecule is C[C@@H]1O[C@H](Oc2cc(O)c3c(=O)c(O[C@H]4O[C@@H](CO)[C@H](O)[C@@H](O)[C@@H]4O)c(-c4ccc(O)cc4)oc3c2)[C@@H](O)[C@H](O[C@H]2O[C@@H](COC(=O)/C=C/c3ccc(O)c(O)c3)[C@H](O)[C@@H](O)[C@@H]2O)[C@H]1O. The Hall–Kier alpha value is -5.64. The standard InChI is InChI=1S/C42H46O23/c1-15-28(49)38(64-41-35(56)33(54)30(51)25(63-41)14-58-26(48)9-3-16-2-8-20(45)21(46)10-16)36(57)42(59-15)60-19-11-22(47)27-23(12-19)61-37(17-4-6-18(44)7-5-17)39(31(27)52)65-40-34(55)32(53)29(50)24(13-43)62-40/h2-12,15,24-25,28-30,32-36,38,40-47,49-51,53-57H,13-14H2,1H3/b9-3+/t15-,24-,25-,28-,29-,30-,32+,33+,34-,35-,36-,38+,40+,41+,42+/m0/s1. The fourth-order valence-electron chi connectivity index (χ4n) is 7.25. The lowest BCUT2D eigenvalue weighted by molar-refractivity contribution is -0.350. The van der Waals surface area contributed by atoms with Crippen LogP contribution in [0.1, 0.15) is 12.5 Å². The van der Waals surface area contributed by atoms with Gasteiger partial charge in [0.1, 0.15) is 102 Å². The summed E-state index contributed by atoms with van der Waals surface area (Å²) in [5.74, 6) is -4.03. The van der Waals surface area contributed by atoms with Gasteiger partial charge >= 0.3 is 5.97 Å². The lowest BCUT2D eigenvalue weighted by Crippen LogP contribution is -2.64. The molecule has 1 aromatic heterocycles. The summed E-state index contributed by atoms with van der Waals surface area (Å²) in [6, 6.07) is 10.9. The summed E-state index contributed by atoms with van der Waals surface area (Å²) in [5, 5.41) is 135. The number of phenols is 4. The molecule has 3 aliphatic rings. The zero-order chi connectivity index (χ0) is 47.0. The summed E-state index contributed by atoms with van der Waals surface area (Å²) in [5.41, 5.74) is -0.972. The Morgan fingerprint density at radius 1 is 0.677 bits per heavy atom. The molecule has 0 spiro atoms. The van der Waals surface area contributed by atoms with E-state index in [0.29, 0.717) is 5.56 Å². The van der Waals surface area contributed by atoms with Crippen LogP contribution in [0.5, 0.6) is 34.5 Å². The molecule has 0 bridgehead atoms. The van der Waals surface area contributed by atoms with Crippen LogP contribution in [0.15, 0.2) is 69.9 Å². The van der Waals surface area contributed by atoms with Crippen molar-refractivity contribution in [2.75, 3.05) is 13.2 Å². The number of ether oxygens (including phenoxy) is 7. The smallest absolute Gasteiger partial charge is 0.330 e. The molecule has 3 aromatic carbocycles. The molecule has 7 rings (SSSR count). The summed E-state index contributed by atoms with van der Waals surface area (Å²) in [6.07, 6.45) is -24.0. The molecule has 0 saturated carbocycles. The highest BCUT2D eigenvalue weighted by Crippen LogP contribution is 2.39. The van der Waals surface area contributed by atoms with E-state index < -0.39 is 139 Å². The Bertz CT molecular complexity index is 2400. The van der Waals surface area contributed by atoms with Crippen molar-refractivity contribution in [3.05, 3.63) is 76.5 Å². The van der Waals surface area contributed by atoms with E-state index in [4.69, 9.17) is 37.6 Å². The maximum atomic E-state index is 14.1. The normalized spacial score (nSPS) is 32.9. The first-order valence-corrected chi connectivity index (χ1v) is 19.9. The highest BCUT2D eigenvalue weighted by molar-refractivity contribution is 5.88. The van der Waals surface area contributed by atoms with Crippen LogP contribution in [0.3, 0.4) is 0 Å². The van der Waals surface area contributed by atoms with E-state index in [2.05, 4.69) is 0 Å². The molecule has 15 atom stereocenters. The number of aliphatic hydroxyl groups is 9. The number of carbonyl (C=O) groups is 1. The molecule has 0 aliphatic carbocycles. The third-order valence-corrected chi connectivity index (χ3v) is 10.9. The maximum Gasteiger partial charge on any atom is 0.330 e. The van der Waals surface area contributed by atoms with Gasteiger partial charge in [0, 0.05) is 23.8 Å². The molecule has 0 unspecified atom stereocenters. The monoisotopic (exact) mass is 918 g/mol. The molecule has 0 radical (unpaired) electrons. The average molecular weight is 919 g/mol. The first-order valence-electron chi connectivity index (χ1n) is 19.9. The van der Waals surface area contributed by atoms with Gasteiger partial charge < -0.3 is 104 Å². The predicted octanol–water partition coefficient (Wildman–Crippen LogP) is -2.24. The van der Waals surface area contributed by atoms with Gasteiger partial charge in [-0.05, 0) is 55.0 Å². The molecular weight excluding hydrogens is 872 g/mol. The van der Waals surface area contributed by atoms with Crippen LogP contribution in [0.2, 0.25) is 0 Å². The summed E-state index contributed by atoms with van der Waals surface area (Å²) >= 11 is 0. The zero-order valence-electron chi connectivity index (χ0n) is 33.8. The number of benzene rings is 3. The van der Waals surface area contributed by atoms with Gasteiger partial charge in [-0.25, -0.2) is 4.79 Å². The Labute approximate surface area is 365 Å². The first kappa shape index (κ1) is 47.3. The topological polar surface area (TPSA) is 375 Å². The number of esters is 1. The molecule has 0 amide bonds. The minimum Gasteiger partial charge on any atom is -0.508 e. The third kappa shape index (κ3) is 9.83. The molecule has 23 nitrogen and oxygen atoms in total. The molecular formula is C42H46O23. The zero-order valence-corrected chi connectivity index (χ0v) is 33.8. The van der Waals surface area contributed by atoms with Crippen molar-refractivity contribution < 1.29 is 109 Å². The van der Waals surface area contributed by atoms with Gasteiger partial charge in [0.05, 0.1) is 12.7 Å². The van der Waals surface area contributed by atoms with Crippen LogP contribution in [-0.2, 0) is 28.5 Å². The second kappa shape index (κ2) is 19.4. The largest absolute Gasteiger partial charge is 0.508 e. The second-order valence-electron chi connectivity index (χ2n) is 15.4. The summed E-state index contributed by atoms with van der Waals surface area (Å²) < 4.78 is 45.2. The van der Waals surface area contributed by atoms with Crippen molar-refractivity contribution in [3.63, 3.8) is 0 Å². The van der Waals surface area contributed by atoms with Gasteiger partial charge in [0.15, 0.2) is 23.5 Å². The van der Waals surface area contributed by atoms with Gasteiger partial charge in [-0.15, -0.1) is 0 Å². The van der Waals surface area contributed by atoms with Crippen LogP contribution in [0, 0.1) is 0 Å². The van der Waals surface area contributed by atoms with Crippen LogP contribution in [0.4, 0.5) is 0 Å². The van der Waals surface area contributed by atoms with E-state index in [1.807, 2.05) is 0 Å². The molecule has 4 heterocycles. The molecule has 4 aromatic rings. The molecule has 3 saturated heterocycles. The average Bonchev–Trinajstić information content (AvgIpc) is 3.27. The lowest BCUT2D eigenvalue weighted by atomic mass is 9.97. The molecule has 3 aliphatic heterocycles. The first-order chi connectivity index (χ1) is 30.9. The van der Waals surface area contributed by atoms with E-state index in [1.165, 1.54) is 55.5 Å². The highest BCUT2D eigenvalue weighted by Gasteiger charge is 2.51. The Morgan fingerprint density at radius 3 is 2.00 bits per heavy atom. The van der Waals surface area contributed by atoms with Crippen molar-refractivity contribution in [1.29, 1.82) is 0 Å². The van der Waals surface area contributed by atoms with Crippen molar-refractivity contribution >= 4 is 23.0 Å². The van der Waals surface area contributed by atoms with Gasteiger partial charge in [-0.1, -0.05) is 6.07 Å².